The summed E-state index contributed by atoms with van der Waals surface area (Å²) < 4.78 is 0. The summed E-state index contributed by atoms with van der Waals surface area (Å²) in [4.78, 5) is 7.54. The van der Waals surface area contributed by atoms with E-state index in [4.69, 9.17) is 0 Å². The average molecular weight is 182 g/mol. The maximum Gasteiger partial charge on any atom is 0.0606 e. The van der Waals surface area contributed by atoms with Crippen molar-refractivity contribution in [3.63, 3.8) is 0 Å². The highest BCUT2D eigenvalue weighted by Gasteiger charge is 2.04. The summed E-state index contributed by atoms with van der Waals surface area (Å²) in [5.74, 6) is 0.447. The molecule has 0 aromatic heterocycles. The second-order valence-electron chi connectivity index (χ2n) is 2.58. The summed E-state index contributed by atoms with van der Waals surface area (Å²) in [5, 5.41) is 0. The van der Waals surface area contributed by atoms with Gasteiger partial charge in [-0.3, -0.25) is 9.98 Å². The van der Waals surface area contributed by atoms with Crippen molar-refractivity contribution in [2.24, 2.45) is 15.9 Å². The summed E-state index contributed by atoms with van der Waals surface area (Å²) in [6.45, 7) is 15.1. The molecule has 0 bridgehead atoms. The molecule has 0 amide bonds. The number of rotatable bonds is 5. The molecule has 0 N–H and O–H groups in total. The summed E-state index contributed by atoms with van der Waals surface area (Å²) >= 11 is 0. The molecule has 1 unspecified atom stereocenters. The van der Waals surface area contributed by atoms with Gasteiger partial charge in [-0.15, -0.1) is 0 Å². The normalized spacial score (nSPS) is 12.5. The molecule has 0 saturated carbocycles. The van der Waals surface area contributed by atoms with Gasteiger partial charge in [0.2, 0.25) is 0 Å². The zero-order valence-electron chi connectivity index (χ0n) is 9.38. The van der Waals surface area contributed by atoms with Crippen molar-refractivity contribution in [2.75, 3.05) is 0 Å². The maximum absolute atomic E-state index is 3.87. The fraction of sp³-hybridized carbons (Fsp3) is 0.636. The third-order valence-electron chi connectivity index (χ3n) is 1.63. The van der Waals surface area contributed by atoms with Gasteiger partial charge in [-0.25, -0.2) is 0 Å². The predicted octanol–water partition coefficient (Wildman–Crippen LogP) is 3.69. The smallest absolute Gasteiger partial charge is 0.0606 e. The number of aliphatic imine (C=N–C) groups is 2. The van der Waals surface area contributed by atoms with Crippen LogP contribution in [0, 0.1) is 5.92 Å². The van der Waals surface area contributed by atoms with E-state index in [1.54, 1.807) is 6.20 Å². The number of nitrogens with zero attached hydrogens (tertiary/aromatic N) is 2. The van der Waals surface area contributed by atoms with Crippen LogP contribution in [0.2, 0.25) is 0 Å². The van der Waals surface area contributed by atoms with Gasteiger partial charge in [-0.2, -0.15) is 0 Å². The Kier molecular flexibility index (Phi) is 12.4. The van der Waals surface area contributed by atoms with Crippen LogP contribution in [0.3, 0.4) is 0 Å². The largest absolute Gasteiger partial charge is 0.271 e. The van der Waals surface area contributed by atoms with Crippen LogP contribution in [0.1, 0.15) is 40.5 Å². The average Bonchev–Trinajstić information content (AvgIpc) is 2.17. The number of hydrogen-bond acceptors (Lipinski definition) is 2. The molecule has 0 aromatic rings. The minimum Gasteiger partial charge on any atom is -0.271 e. The zero-order valence-corrected chi connectivity index (χ0v) is 9.38. The Morgan fingerprint density at radius 3 is 2.23 bits per heavy atom. The first kappa shape index (κ1) is 14.6. The molecule has 0 radical (unpaired) electrons. The van der Waals surface area contributed by atoms with Crippen LogP contribution in [0.5, 0.6) is 0 Å². The van der Waals surface area contributed by atoms with Gasteiger partial charge < -0.3 is 0 Å². The monoisotopic (exact) mass is 182 g/mol. The minimum atomic E-state index is 0.447. The Balaban J connectivity index is 0. The molecule has 0 aliphatic heterocycles. The highest BCUT2D eigenvalue weighted by Crippen LogP contribution is 2.16. The first-order valence-corrected chi connectivity index (χ1v) is 4.88. The zero-order chi connectivity index (χ0) is 10.7. The molecule has 76 valence electrons. The van der Waals surface area contributed by atoms with Crippen molar-refractivity contribution < 1.29 is 0 Å². The molecular weight excluding hydrogens is 160 g/mol. The maximum atomic E-state index is 3.87. The second kappa shape index (κ2) is 11.1. The van der Waals surface area contributed by atoms with Crippen LogP contribution < -0.4 is 0 Å². The Morgan fingerprint density at radius 1 is 1.38 bits per heavy atom. The van der Waals surface area contributed by atoms with E-state index < -0.39 is 0 Å². The van der Waals surface area contributed by atoms with E-state index in [9.17, 15) is 0 Å². The molecule has 0 aliphatic carbocycles. The minimum absolute atomic E-state index is 0.447. The Morgan fingerprint density at radius 2 is 1.92 bits per heavy atom. The van der Waals surface area contributed by atoms with Crippen molar-refractivity contribution >= 4 is 13.4 Å². The molecule has 0 saturated heterocycles. The molecule has 0 heterocycles. The van der Waals surface area contributed by atoms with E-state index in [1.807, 2.05) is 13.8 Å². The van der Waals surface area contributed by atoms with E-state index in [0.717, 1.165) is 18.5 Å². The number of allylic oxidation sites excluding steroid dienone is 1. The SMILES string of the molecule is C=N/C=C(\N=C)C(C)CCC.CC. The molecule has 0 spiro atoms. The summed E-state index contributed by atoms with van der Waals surface area (Å²) in [5.41, 5.74) is 0.932. The van der Waals surface area contributed by atoms with Gasteiger partial charge in [0.05, 0.1) is 5.70 Å². The van der Waals surface area contributed by atoms with Gasteiger partial charge in [0.25, 0.3) is 0 Å². The fourth-order valence-corrected chi connectivity index (χ4v) is 0.998. The van der Waals surface area contributed by atoms with E-state index in [1.165, 1.54) is 0 Å². The van der Waals surface area contributed by atoms with Crippen molar-refractivity contribution in [3.05, 3.63) is 11.9 Å². The van der Waals surface area contributed by atoms with Crippen LogP contribution in [-0.2, 0) is 0 Å². The third kappa shape index (κ3) is 7.44. The molecule has 2 nitrogen and oxygen atoms in total. The van der Waals surface area contributed by atoms with Crippen LogP contribution in [0.4, 0.5) is 0 Å². The molecule has 0 aliphatic rings. The van der Waals surface area contributed by atoms with Gasteiger partial charge in [-0.05, 0) is 25.8 Å². The van der Waals surface area contributed by atoms with Gasteiger partial charge in [-0.1, -0.05) is 34.1 Å². The first-order chi connectivity index (χ1) is 6.26. The van der Waals surface area contributed by atoms with Gasteiger partial charge in [0.1, 0.15) is 0 Å². The van der Waals surface area contributed by atoms with Crippen molar-refractivity contribution in [2.45, 2.75) is 40.5 Å². The van der Waals surface area contributed by atoms with Crippen LogP contribution in [0.25, 0.3) is 0 Å². The van der Waals surface area contributed by atoms with Crippen molar-refractivity contribution in [1.29, 1.82) is 0 Å². The lowest BCUT2D eigenvalue weighted by molar-refractivity contribution is 0.596. The molecule has 0 aromatic carbocycles. The lowest BCUT2D eigenvalue weighted by Crippen LogP contribution is -1.95. The molecule has 13 heavy (non-hydrogen) atoms. The number of hydrogen-bond donors (Lipinski definition) is 0. The van der Waals surface area contributed by atoms with Gasteiger partial charge in [0.15, 0.2) is 0 Å². The molecule has 1 atom stereocenters. The first-order valence-electron chi connectivity index (χ1n) is 4.88. The Labute approximate surface area is 82.5 Å². The molecule has 2 heteroatoms. The second-order valence-corrected chi connectivity index (χ2v) is 2.58. The third-order valence-corrected chi connectivity index (χ3v) is 1.63. The van der Waals surface area contributed by atoms with E-state index in [-0.39, 0.29) is 0 Å². The molecule has 0 rings (SSSR count). The summed E-state index contributed by atoms with van der Waals surface area (Å²) in [6, 6.07) is 0. The van der Waals surface area contributed by atoms with Crippen LogP contribution in [0.15, 0.2) is 21.9 Å². The fourth-order valence-electron chi connectivity index (χ4n) is 0.998. The topological polar surface area (TPSA) is 24.7 Å². The lowest BCUT2D eigenvalue weighted by Gasteiger charge is -2.08. The Bertz CT molecular complexity index is 159. The van der Waals surface area contributed by atoms with Crippen LogP contribution >= 0.6 is 0 Å². The lowest BCUT2D eigenvalue weighted by atomic mass is 10.0. The van der Waals surface area contributed by atoms with Gasteiger partial charge >= 0.3 is 0 Å². The van der Waals surface area contributed by atoms with Crippen molar-refractivity contribution in [3.8, 4) is 0 Å². The standard InChI is InChI=1S/C9H16N2.C2H6/c1-5-6-8(2)9(11-4)7-10-3;1-2/h7-8H,3-6H2,1-2H3;1-2H3/b9-7-;. The highest BCUT2D eigenvalue weighted by molar-refractivity contribution is 5.31. The quantitative estimate of drug-likeness (QED) is 0.579. The summed E-state index contributed by atoms with van der Waals surface area (Å²) in [7, 11) is 0. The highest BCUT2D eigenvalue weighted by atomic mass is 14.8. The van der Waals surface area contributed by atoms with Crippen molar-refractivity contribution in [1.82, 2.24) is 0 Å². The van der Waals surface area contributed by atoms with E-state index >= 15 is 0 Å². The molecular formula is C11H22N2. The molecule has 0 fully saturated rings. The van der Waals surface area contributed by atoms with E-state index in [2.05, 4.69) is 37.3 Å². The van der Waals surface area contributed by atoms with Gasteiger partial charge in [0, 0.05) is 6.20 Å². The van der Waals surface area contributed by atoms with Crippen LogP contribution in [-0.4, -0.2) is 13.4 Å². The summed E-state index contributed by atoms with van der Waals surface area (Å²) in [6.07, 6.45) is 3.96. The predicted molar refractivity (Wildman–Crippen MR) is 62.6 cm³/mol. The van der Waals surface area contributed by atoms with E-state index in [0.29, 0.717) is 5.92 Å². The Hall–Kier alpha value is -0.920.